The highest BCUT2D eigenvalue weighted by molar-refractivity contribution is 5.06. The fourth-order valence-electron chi connectivity index (χ4n) is 3.52. The molecular weight excluding hydrogens is 222 g/mol. The quantitative estimate of drug-likeness (QED) is 0.765. The van der Waals surface area contributed by atoms with E-state index in [4.69, 9.17) is 0 Å². The molecule has 1 aliphatic carbocycles. The van der Waals surface area contributed by atoms with Crippen molar-refractivity contribution in [3.63, 3.8) is 0 Å². The zero-order valence-electron chi connectivity index (χ0n) is 12.3. The van der Waals surface area contributed by atoms with E-state index in [2.05, 4.69) is 26.8 Å². The van der Waals surface area contributed by atoms with Gasteiger partial charge in [0.1, 0.15) is 0 Å². The van der Waals surface area contributed by atoms with Crippen molar-refractivity contribution >= 4 is 0 Å². The molecule has 18 heavy (non-hydrogen) atoms. The number of nitriles is 1. The summed E-state index contributed by atoms with van der Waals surface area (Å²) < 4.78 is 0. The van der Waals surface area contributed by atoms with Gasteiger partial charge in [-0.25, -0.2) is 0 Å². The molecular formula is C16H29NO. The molecule has 104 valence electrons. The minimum Gasteiger partial charge on any atom is -0.391 e. The molecule has 0 aliphatic heterocycles. The van der Waals surface area contributed by atoms with Crippen LogP contribution in [0.25, 0.3) is 0 Å². The third kappa shape index (κ3) is 3.48. The lowest BCUT2D eigenvalue weighted by Gasteiger charge is -2.40. The van der Waals surface area contributed by atoms with E-state index in [1.807, 2.05) is 0 Å². The maximum atomic E-state index is 10.5. The first-order chi connectivity index (χ1) is 8.59. The highest BCUT2D eigenvalue weighted by atomic mass is 16.3. The molecule has 1 aliphatic rings. The maximum absolute atomic E-state index is 10.5. The largest absolute Gasteiger partial charge is 0.391 e. The second-order valence-corrected chi connectivity index (χ2v) is 6.21. The third-order valence-corrected chi connectivity index (χ3v) is 4.77. The Balaban J connectivity index is 2.63. The highest BCUT2D eigenvalue weighted by Gasteiger charge is 2.43. The summed E-state index contributed by atoms with van der Waals surface area (Å²) in [7, 11) is 0. The molecule has 0 heterocycles. The Morgan fingerprint density at radius 1 is 1.28 bits per heavy atom. The average Bonchev–Trinajstić information content (AvgIpc) is 2.40. The van der Waals surface area contributed by atoms with Crippen molar-refractivity contribution in [1.82, 2.24) is 0 Å². The lowest BCUT2D eigenvalue weighted by atomic mass is 9.64. The summed E-state index contributed by atoms with van der Waals surface area (Å²) in [5.41, 5.74) is -0.459. The molecule has 1 N–H and O–H groups in total. The number of aliphatic hydroxyl groups is 1. The van der Waals surface area contributed by atoms with Crippen LogP contribution < -0.4 is 0 Å². The Bertz CT molecular complexity index is 273. The van der Waals surface area contributed by atoms with Gasteiger partial charge >= 0.3 is 0 Å². The van der Waals surface area contributed by atoms with Gasteiger partial charge in [0.15, 0.2) is 0 Å². The van der Waals surface area contributed by atoms with E-state index in [0.29, 0.717) is 0 Å². The van der Waals surface area contributed by atoms with Crippen molar-refractivity contribution in [2.24, 2.45) is 17.3 Å². The van der Waals surface area contributed by atoms with Crippen molar-refractivity contribution in [2.45, 2.75) is 78.2 Å². The van der Waals surface area contributed by atoms with Gasteiger partial charge in [-0.15, -0.1) is 0 Å². The molecule has 0 aromatic heterocycles. The molecule has 0 spiro atoms. The van der Waals surface area contributed by atoms with Crippen LogP contribution in [0.5, 0.6) is 0 Å². The van der Waals surface area contributed by atoms with Crippen LogP contribution in [-0.2, 0) is 0 Å². The molecule has 2 nitrogen and oxygen atoms in total. The van der Waals surface area contributed by atoms with Gasteiger partial charge in [0.2, 0.25) is 0 Å². The van der Waals surface area contributed by atoms with Crippen molar-refractivity contribution in [3.8, 4) is 6.07 Å². The van der Waals surface area contributed by atoms with E-state index in [-0.39, 0.29) is 5.92 Å². The van der Waals surface area contributed by atoms with Gasteiger partial charge in [-0.05, 0) is 43.9 Å². The first kappa shape index (κ1) is 15.5. The summed E-state index contributed by atoms with van der Waals surface area (Å²) in [4.78, 5) is 0. The van der Waals surface area contributed by atoms with Gasteiger partial charge in [-0.2, -0.15) is 5.26 Å². The summed E-state index contributed by atoms with van der Waals surface area (Å²) in [6.07, 6.45) is 8.20. The molecule has 2 atom stereocenters. The van der Waals surface area contributed by atoms with E-state index in [1.165, 1.54) is 12.8 Å². The zero-order chi connectivity index (χ0) is 13.6. The molecule has 1 rings (SSSR count). The second-order valence-electron chi connectivity index (χ2n) is 6.21. The van der Waals surface area contributed by atoms with E-state index in [0.717, 1.165) is 44.4 Å². The number of nitrogens with zero attached hydrogens (tertiary/aromatic N) is 1. The Morgan fingerprint density at radius 3 is 2.33 bits per heavy atom. The van der Waals surface area contributed by atoms with Crippen LogP contribution in [-0.4, -0.2) is 11.2 Å². The summed E-state index contributed by atoms with van der Waals surface area (Å²) in [6, 6.07) is 2.47. The van der Waals surface area contributed by atoms with E-state index in [1.54, 1.807) is 0 Å². The zero-order valence-corrected chi connectivity index (χ0v) is 12.3. The smallest absolute Gasteiger partial charge is 0.0835 e. The highest BCUT2D eigenvalue weighted by Crippen LogP contribution is 2.44. The Labute approximate surface area is 112 Å². The normalized spacial score (nSPS) is 31.6. The summed E-state index contributed by atoms with van der Waals surface area (Å²) in [5, 5.41) is 20.1. The first-order valence-electron chi connectivity index (χ1n) is 7.69. The van der Waals surface area contributed by atoms with E-state index in [9.17, 15) is 10.4 Å². The van der Waals surface area contributed by atoms with Gasteiger partial charge in [0.05, 0.1) is 17.6 Å². The number of rotatable bonds is 6. The predicted molar refractivity (Wildman–Crippen MR) is 75.0 cm³/mol. The predicted octanol–water partition coefficient (Wildman–Crippen LogP) is 4.28. The standard InChI is InChI=1S/C16H29NO/c1-4-6-13(3)15(18)16(12-17)10-8-14(7-5-2)9-11-16/h13-15,18H,4-11H2,1-3H3. The third-order valence-electron chi connectivity index (χ3n) is 4.77. The molecule has 0 bridgehead atoms. The minimum absolute atomic E-state index is 0.248. The topological polar surface area (TPSA) is 44.0 Å². The molecule has 0 saturated heterocycles. The Morgan fingerprint density at radius 2 is 1.89 bits per heavy atom. The van der Waals surface area contributed by atoms with Crippen molar-refractivity contribution in [1.29, 1.82) is 5.26 Å². The van der Waals surface area contributed by atoms with Crippen molar-refractivity contribution in [2.75, 3.05) is 0 Å². The second kappa shape index (κ2) is 7.14. The molecule has 1 saturated carbocycles. The molecule has 1 fully saturated rings. The molecule has 2 unspecified atom stereocenters. The van der Waals surface area contributed by atoms with Crippen molar-refractivity contribution in [3.05, 3.63) is 0 Å². The van der Waals surface area contributed by atoms with Crippen LogP contribution in [0.15, 0.2) is 0 Å². The van der Waals surface area contributed by atoms with Gasteiger partial charge in [0, 0.05) is 0 Å². The van der Waals surface area contributed by atoms with E-state index < -0.39 is 11.5 Å². The molecule has 0 radical (unpaired) electrons. The van der Waals surface area contributed by atoms with Crippen LogP contribution in [0, 0.1) is 28.6 Å². The maximum Gasteiger partial charge on any atom is 0.0835 e. The fourth-order valence-corrected chi connectivity index (χ4v) is 3.52. The summed E-state index contributed by atoms with van der Waals surface area (Å²) in [6.45, 7) is 6.45. The summed E-state index contributed by atoms with van der Waals surface area (Å²) in [5.74, 6) is 1.03. The lowest BCUT2D eigenvalue weighted by molar-refractivity contribution is -0.0133. The van der Waals surface area contributed by atoms with Gasteiger partial charge in [-0.1, -0.05) is 40.0 Å². The fraction of sp³-hybridized carbons (Fsp3) is 0.938. The first-order valence-corrected chi connectivity index (χ1v) is 7.69. The number of hydrogen-bond donors (Lipinski definition) is 1. The minimum atomic E-state index is -0.459. The molecule has 0 aromatic rings. The van der Waals surface area contributed by atoms with Crippen LogP contribution in [0.2, 0.25) is 0 Å². The molecule has 0 aromatic carbocycles. The monoisotopic (exact) mass is 251 g/mol. The van der Waals surface area contributed by atoms with Crippen LogP contribution >= 0.6 is 0 Å². The van der Waals surface area contributed by atoms with Crippen molar-refractivity contribution < 1.29 is 5.11 Å². The SMILES string of the molecule is CCCC1CCC(C#N)(C(O)C(C)CCC)CC1. The van der Waals surface area contributed by atoms with Crippen LogP contribution in [0.4, 0.5) is 0 Å². The Hall–Kier alpha value is -0.550. The Kier molecular flexibility index (Phi) is 6.15. The molecule has 2 heteroatoms. The van der Waals surface area contributed by atoms with E-state index >= 15 is 0 Å². The number of hydrogen-bond acceptors (Lipinski definition) is 2. The van der Waals surface area contributed by atoms with Gasteiger partial charge in [0.25, 0.3) is 0 Å². The van der Waals surface area contributed by atoms with Gasteiger partial charge in [-0.3, -0.25) is 0 Å². The summed E-state index contributed by atoms with van der Waals surface area (Å²) >= 11 is 0. The average molecular weight is 251 g/mol. The lowest BCUT2D eigenvalue weighted by Crippen LogP contribution is -2.41. The molecule has 0 amide bonds. The number of aliphatic hydroxyl groups excluding tert-OH is 1. The van der Waals surface area contributed by atoms with Gasteiger partial charge < -0.3 is 5.11 Å². The van der Waals surface area contributed by atoms with Crippen LogP contribution in [0.1, 0.15) is 72.1 Å². The van der Waals surface area contributed by atoms with Crippen LogP contribution in [0.3, 0.4) is 0 Å².